The molecular weight excluding hydrogens is 841 g/mol. The van der Waals surface area contributed by atoms with Crippen LogP contribution in [0, 0.1) is 17.8 Å². The lowest BCUT2D eigenvalue weighted by Crippen LogP contribution is -2.30. The largest absolute Gasteiger partial charge is 0.462 e. The maximum absolute atomic E-state index is 12.9. The summed E-state index contributed by atoms with van der Waals surface area (Å²) in [7, 11) is 0. The standard InChI is InChI=1S/C62H120O6/c1-56(2)48-42-36-30-25-21-17-13-9-7-8-10-16-20-24-28-34-41-47-53-62(65)68-59(55-67-61(64)52-46-40-35-29-32-38-44-50-58(5)6)54-66-60(63)51-45-39-33-27-23-19-15-12-11-14-18-22-26-31-37-43-49-57(3)4/h56-59H,7-55H2,1-6H3/t59-/m1/s1. The maximum atomic E-state index is 12.9. The van der Waals surface area contributed by atoms with E-state index in [9.17, 15) is 14.4 Å². The molecule has 0 aromatic rings. The molecule has 0 spiro atoms. The molecular formula is C62H120O6. The van der Waals surface area contributed by atoms with Gasteiger partial charge in [-0.3, -0.25) is 14.4 Å². The van der Waals surface area contributed by atoms with E-state index in [4.69, 9.17) is 14.2 Å². The molecule has 6 heteroatoms. The first-order chi connectivity index (χ1) is 33.1. The third kappa shape index (κ3) is 55.3. The molecule has 0 aliphatic carbocycles. The molecule has 0 aromatic carbocycles. The van der Waals surface area contributed by atoms with Crippen molar-refractivity contribution in [3.05, 3.63) is 0 Å². The van der Waals surface area contributed by atoms with Gasteiger partial charge in [0.25, 0.3) is 0 Å². The minimum atomic E-state index is -0.764. The van der Waals surface area contributed by atoms with E-state index in [0.29, 0.717) is 19.3 Å². The van der Waals surface area contributed by atoms with Crippen molar-refractivity contribution in [2.75, 3.05) is 13.2 Å². The summed E-state index contributed by atoms with van der Waals surface area (Å²) in [5.74, 6) is 1.65. The number of esters is 3. The van der Waals surface area contributed by atoms with Gasteiger partial charge < -0.3 is 14.2 Å². The van der Waals surface area contributed by atoms with Gasteiger partial charge in [0.2, 0.25) is 0 Å². The van der Waals surface area contributed by atoms with Crippen LogP contribution in [0.5, 0.6) is 0 Å². The minimum Gasteiger partial charge on any atom is -0.462 e. The van der Waals surface area contributed by atoms with Gasteiger partial charge >= 0.3 is 17.9 Å². The topological polar surface area (TPSA) is 78.9 Å². The molecule has 68 heavy (non-hydrogen) atoms. The van der Waals surface area contributed by atoms with E-state index in [1.54, 1.807) is 0 Å². The zero-order valence-electron chi connectivity index (χ0n) is 46.9. The average molecular weight is 962 g/mol. The molecule has 0 radical (unpaired) electrons. The van der Waals surface area contributed by atoms with Crippen LogP contribution in [-0.2, 0) is 28.6 Å². The van der Waals surface area contributed by atoms with Gasteiger partial charge in [-0.2, -0.15) is 0 Å². The van der Waals surface area contributed by atoms with Crippen molar-refractivity contribution < 1.29 is 28.6 Å². The highest BCUT2D eigenvalue weighted by Crippen LogP contribution is 2.19. The van der Waals surface area contributed by atoms with E-state index in [-0.39, 0.29) is 31.1 Å². The molecule has 6 nitrogen and oxygen atoms in total. The molecule has 0 aromatic heterocycles. The lowest BCUT2D eigenvalue weighted by atomic mass is 10.0. The maximum Gasteiger partial charge on any atom is 0.306 e. The third-order valence-electron chi connectivity index (χ3n) is 14.1. The van der Waals surface area contributed by atoms with Crippen LogP contribution in [0.2, 0.25) is 0 Å². The Hall–Kier alpha value is -1.59. The van der Waals surface area contributed by atoms with Crippen molar-refractivity contribution in [3.63, 3.8) is 0 Å². The Morgan fingerprint density at radius 2 is 0.426 bits per heavy atom. The van der Waals surface area contributed by atoms with Gasteiger partial charge in [0, 0.05) is 19.3 Å². The van der Waals surface area contributed by atoms with E-state index in [0.717, 1.165) is 75.5 Å². The second-order valence-corrected chi connectivity index (χ2v) is 22.8. The number of carbonyl (C=O) groups is 3. The number of rotatable bonds is 55. The first-order valence-corrected chi connectivity index (χ1v) is 30.6. The highest BCUT2D eigenvalue weighted by atomic mass is 16.6. The SMILES string of the molecule is CC(C)CCCCCCCCCCCCCCCCCCCCC(=O)O[C@H](COC(=O)CCCCCCCCCCCCCCCCCCC(C)C)COC(=O)CCCCCCCCCC(C)C. The Morgan fingerprint density at radius 1 is 0.250 bits per heavy atom. The molecule has 404 valence electrons. The highest BCUT2D eigenvalue weighted by Gasteiger charge is 2.19. The lowest BCUT2D eigenvalue weighted by Gasteiger charge is -2.18. The van der Waals surface area contributed by atoms with Crippen molar-refractivity contribution in [2.45, 2.75) is 349 Å². The number of hydrogen-bond acceptors (Lipinski definition) is 6. The van der Waals surface area contributed by atoms with E-state index >= 15 is 0 Å². The van der Waals surface area contributed by atoms with Crippen molar-refractivity contribution in [2.24, 2.45) is 17.8 Å². The number of unbranched alkanes of at least 4 members (excludes halogenated alkanes) is 38. The summed E-state index contributed by atoms with van der Waals surface area (Å²) in [6.45, 7) is 13.8. The van der Waals surface area contributed by atoms with Gasteiger partial charge in [0.05, 0.1) is 0 Å². The van der Waals surface area contributed by atoms with Gasteiger partial charge in [0.1, 0.15) is 13.2 Å². The van der Waals surface area contributed by atoms with E-state index in [2.05, 4.69) is 41.5 Å². The Morgan fingerprint density at radius 3 is 0.632 bits per heavy atom. The van der Waals surface area contributed by atoms with Gasteiger partial charge in [0.15, 0.2) is 6.10 Å². The van der Waals surface area contributed by atoms with Crippen LogP contribution >= 0.6 is 0 Å². The molecule has 0 rings (SSSR count). The Bertz CT molecular complexity index is 1050. The quantitative estimate of drug-likeness (QED) is 0.0343. The molecule has 0 aliphatic heterocycles. The monoisotopic (exact) mass is 961 g/mol. The predicted molar refractivity (Wildman–Crippen MR) is 293 cm³/mol. The molecule has 0 saturated heterocycles. The first kappa shape index (κ1) is 66.4. The predicted octanol–water partition coefficient (Wildman–Crippen LogP) is 20.3. The van der Waals surface area contributed by atoms with Crippen LogP contribution in [0.1, 0.15) is 343 Å². The fraction of sp³-hybridized carbons (Fsp3) is 0.952. The Balaban J connectivity index is 4.21. The second kappa shape index (κ2) is 53.2. The van der Waals surface area contributed by atoms with Crippen LogP contribution in [0.15, 0.2) is 0 Å². The normalized spacial score (nSPS) is 12.1. The molecule has 0 aliphatic rings. The molecule has 0 unspecified atom stereocenters. The van der Waals surface area contributed by atoms with Crippen LogP contribution in [0.4, 0.5) is 0 Å². The summed E-state index contributed by atoms with van der Waals surface area (Å²) in [5, 5.41) is 0. The highest BCUT2D eigenvalue weighted by molar-refractivity contribution is 5.71. The lowest BCUT2D eigenvalue weighted by molar-refractivity contribution is -0.167. The Labute approximate surface area is 425 Å². The van der Waals surface area contributed by atoms with Gasteiger partial charge in [-0.15, -0.1) is 0 Å². The van der Waals surface area contributed by atoms with E-state index in [1.165, 1.54) is 225 Å². The van der Waals surface area contributed by atoms with Crippen LogP contribution in [0.25, 0.3) is 0 Å². The van der Waals surface area contributed by atoms with Gasteiger partial charge in [-0.05, 0) is 37.0 Å². The molecule has 0 fully saturated rings. The third-order valence-corrected chi connectivity index (χ3v) is 14.1. The summed E-state index contributed by atoms with van der Waals surface area (Å²) in [4.78, 5) is 38.2. The zero-order valence-corrected chi connectivity index (χ0v) is 46.9. The molecule has 0 saturated carbocycles. The molecule has 0 bridgehead atoms. The Kier molecular flexibility index (Phi) is 52.0. The number of carbonyl (C=O) groups excluding carboxylic acids is 3. The molecule has 0 heterocycles. The second-order valence-electron chi connectivity index (χ2n) is 22.8. The minimum absolute atomic E-state index is 0.0636. The summed E-state index contributed by atoms with van der Waals surface area (Å²) >= 11 is 0. The number of hydrogen-bond donors (Lipinski definition) is 0. The first-order valence-electron chi connectivity index (χ1n) is 30.6. The van der Waals surface area contributed by atoms with Gasteiger partial charge in [-0.1, -0.05) is 305 Å². The average Bonchev–Trinajstić information content (AvgIpc) is 3.30. The summed E-state index contributed by atoms with van der Waals surface area (Å²) in [6.07, 6.45) is 56.9. The van der Waals surface area contributed by atoms with E-state index < -0.39 is 6.10 Å². The van der Waals surface area contributed by atoms with Crippen molar-refractivity contribution >= 4 is 17.9 Å². The molecule has 1 atom stereocenters. The van der Waals surface area contributed by atoms with Crippen LogP contribution in [0.3, 0.4) is 0 Å². The van der Waals surface area contributed by atoms with Crippen LogP contribution in [-0.4, -0.2) is 37.2 Å². The fourth-order valence-electron chi connectivity index (χ4n) is 9.53. The summed E-state index contributed by atoms with van der Waals surface area (Å²) < 4.78 is 16.9. The summed E-state index contributed by atoms with van der Waals surface area (Å²) in [5.41, 5.74) is 0. The summed E-state index contributed by atoms with van der Waals surface area (Å²) in [6, 6.07) is 0. The molecule has 0 N–H and O–H groups in total. The smallest absolute Gasteiger partial charge is 0.306 e. The fourth-order valence-corrected chi connectivity index (χ4v) is 9.53. The molecule has 0 amide bonds. The van der Waals surface area contributed by atoms with E-state index in [1.807, 2.05) is 0 Å². The van der Waals surface area contributed by atoms with Crippen molar-refractivity contribution in [1.29, 1.82) is 0 Å². The zero-order chi connectivity index (χ0) is 49.8. The van der Waals surface area contributed by atoms with Crippen molar-refractivity contribution in [1.82, 2.24) is 0 Å². The van der Waals surface area contributed by atoms with Crippen molar-refractivity contribution in [3.8, 4) is 0 Å². The van der Waals surface area contributed by atoms with Crippen LogP contribution < -0.4 is 0 Å². The van der Waals surface area contributed by atoms with Gasteiger partial charge in [-0.25, -0.2) is 0 Å². The number of ether oxygens (including phenoxy) is 3.